The van der Waals surface area contributed by atoms with Crippen molar-refractivity contribution >= 4 is 51.6 Å². The zero-order valence-corrected chi connectivity index (χ0v) is 21.1. The number of anilines is 2. The van der Waals surface area contributed by atoms with E-state index in [0.717, 1.165) is 33.6 Å². The summed E-state index contributed by atoms with van der Waals surface area (Å²) in [6, 6.07) is 26.1. The first-order valence-electron chi connectivity index (χ1n) is 10.6. The topological polar surface area (TPSA) is 71.8 Å². The third-order valence-corrected chi connectivity index (χ3v) is 6.56. The second-order valence-electron chi connectivity index (χ2n) is 7.44. The van der Waals surface area contributed by atoms with Gasteiger partial charge in [-0.15, -0.1) is 10.2 Å². The van der Waals surface area contributed by atoms with Gasteiger partial charge in [-0.3, -0.25) is 9.36 Å². The van der Waals surface area contributed by atoms with Gasteiger partial charge in [-0.2, -0.15) is 0 Å². The minimum absolute atomic E-state index is 0.0160. The lowest BCUT2D eigenvalue weighted by Gasteiger charge is -2.11. The van der Waals surface area contributed by atoms with E-state index in [1.165, 1.54) is 15.3 Å². The van der Waals surface area contributed by atoms with Gasteiger partial charge in [0.15, 0.2) is 11.0 Å². The van der Waals surface area contributed by atoms with E-state index in [1.807, 2.05) is 78.2 Å². The number of nitrogens with one attached hydrogen (secondary N) is 2. The number of rotatable bonds is 9. The molecule has 2 N–H and O–H groups in total. The molecule has 4 aromatic rings. The highest BCUT2D eigenvalue weighted by molar-refractivity contribution is 14.1. The Morgan fingerprint density at radius 3 is 2.36 bits per heavy atom. The Labute approximate surface area is 211 Å². The van der Waals surface area contributed by atoms with Crippen LogP contribution in [0.1, 0.15) is 17.8 Å². The van der Waals surface area contributed by atoms with Gasteiger partial charge >= 0.3 is 0 Å². The van der Waals surface area contributed by atoms with Crippen LogP contribution in [0.15, 0.2) is 84.0 Å². The molecule has 8 heteroatoms. The lowest BCUT2D eigenvalue weighted by molar-refractivity contribution is -0.115. The molecule has 168 valence electrons. The monoisotopic (exact) mass is 569 g/mol. The van der Waals surface area contributed by atoms with Crippen LogP contribution in [0.25, 0.3) is 5.69 Å². The lowest BCUT2D eigenvalue weighted by atomic mass is 10.2. The molecule has 1 amide bonds. The molecule has 0 radical (unpaired) electrons. The highest BCUT2D eigenvalue weighted by Crippen LogP contribution is 2.23. The van der Waals surface area contributed by atoms with Gasteiger partial charge in [-0.25, -0.2) is 0 Å². The molecule has 0 aliphatic heterocycles. The van der Waals surface area contributed by atoms with Gasteiger partial charge in [-0.1, -0.05) is 47.7 Å². The van der Waals surface area contributed by atoms with Crippen molar-refractivity contribution in [3.63, 3.8) is 0 Å². The lowest BCUT2D eigenvalue weighted by Crippen LogP contribution is -2.12. The molecule has 4 rings (SSSR count). The Bertz CT molecular complexity index is 1190. The zero-order valence-electron chi connectivity index (χ0n) is 18.2. The summed E-state index contributed by atoms with van der Waals surface area (Å²) in [6.45, 7) is 2.56. The van der Waals surface area contributed by atoms with Crippen LogP contribution in [0.4, 0.5) is 11.4 Å². The second kappa shape index (κ2) is 11.3. The van der Waals surface area contributed by atoms with Crippen LogP contribution < -0.4 is 10.6 Å². The number of hydrogen-bond donors (Lipinski definition) is 2. The smallest absolute Gasteiger partial charge is 0.225 e. The summed E-state index contributed by atoms with van der Waals surface area (Å²) in [5.41, 5.74) is 4.00. The number of amides is 1. The number of aryl methyl sites for hydroxylation is 1. The van der Waals surface area contributed by atoms with Crippen LogP contribution >= 0.6 is 34.4 Å². The van der Waals surface area contributed by atoms with Crippen molar-refractivity contribution in [3.8, 4) is 5.69 Å². The Morgan fingerprint density at radius 1 is 0.939 bits per heavy atom. The molecule has 3 aromatic carbocycles. The number of thioether (sulfide) groups is 1. The third-order valence-electron chi connectivity index (χ3n) is 4.91. The number of para-hydroxylation sites is 1. The van der Waals surface area contributed by atoms with E-state index in [1.54, 1.807) is 0 Å². The summed E-state index contributed by atoms with van der Waals surface area (Å²) in [7, 11) is 0. The van der Waals surface area contributed by atoms with E-state index in [-0.39, 0.29) is 5.91 Å². The zero-order chi connectivity index (χ0) is 23.0. The maximum absolute atomic E-state index is 12.4. The van der Waals surface area contributed by atoms with Crippen LogP contribution in [0.2, 0.25) is 0 Å². The Morgan fingerprint density at radius 2 is 1.64 bits per heavy atom. The molecule has 0 atom stereocenters. The van der Waals surface area contributed by atoms with E-state index in [0.29, 0.717) is 18.7 Å². The maximum Gasteiger partial charge on any atom is 0.225 e. The highest BCUT2D eigenvalue weighted by atomic mass is 127. The summed E-state index contributed by atoms with van der Waals surface area (Å²) >= 11 is 3.82. The largest absolute Gasteiger partial charge is 0.378 e. The Kier molecular flexibility index (Phi) is 8.01. The van der Waals surface area contributed by atoms with Gasteiger partial charge in [0.25, 0.3) is 0 Å². The number of halogens is 1. The van der Waals surface area contributed by atoms with Crippen LogP contribution in [0, 0.1) is 10.5 Å². The van der Waals surface area contributed by atoms with Crippen LogP contribution in [-0.2, 0) is 11.3 Å². The number of benzene rings is 3. The standard InChI is InChI=1S/C25H24IN5OS/c1-18-7-11-21(12-8-18)28-24(32)15-16-33-25-30-29-23(31(25)22-5-3-2-4-6-22)17-27-20-13-9-19(26)10-14-20/h2-14,27H,15-17H2,1H3,(H,28,32). The molecule has 1 aromatic heterocycles. The number of hydrogen-bond acceptors (Lipinski definition) is 5. The summed E-state index contributed by atoms with van der Waals surface area (Å²) in [4.78, 5) is 12.4. The normalized spacial score (nSPS) is 10.7. The molecule has 0 bridgehead atoms. The first kappa shape index (κ1) is 23.3. The molecule has 0 spiro atoms. The fraction of sp³-hybridized carbons (Fsp3) is 0.160. The predicted octanol–water partition coefficient (Wildman–Crippen LogP) is 5.91. The summed E-state index contributed by atoms with van der Waals surface area (Å²) in [5, 5.41) is 16.0. The first-order valence-corrected chi connectivity index (χ1v) is 12.6. The molecule has 0 aliphatic carbocycles. The van der Waals surface area contributed by atoms with Crippen molar-refractivity contribution in [1.29, 1.82) is 0 Å². The molecule has 0 unspecified atom stereocenters. The minimum atomic E-state index is -0.0160. The van der Waals surface area contributed by atoms with Crippen molar-refractivity contribution in [1.82, 2.24) is 14.8 Å². The molecule has 0 saturated heterocycles. The van der Waals surface area contributed by atoms with Gasteiger partial charge in [-0.05, 0) is 78.0 Å². The Hall–Kier alpha value is -2.85. The average molecular weight is 569 g/mol. The van der Waals surface area contributed by atoms with E-state index in [9.17, 15) is 4.79 Å². The third kappa shape index (κ3) is 6.58. The average Bonchev–Trinajstić information content (AvgIpc) is 3.23. The van der Waals surface area contributed by atoms with Gasteiger partial charge in [0, 0.05) is 32.8 Å². The SMILES string of the molecule is Cc1ccc(NC(=O)CCSc2nnc(CNc3ccc(I)cc3)n2-c2ccccc2)cc1. The van der Waals surface area contributed by atoms with Gasteiger partial charge in [0.1, 0.15) is 0 Å². The molecule has 0 saturated carbocycles. The molecule has 0 aliphatic rings. The summed E-state index contributed by atoms with van der Waals surface area (Å²) in [6.07, 6.45) is 0.385. The molecule has 0 fully saturated rings. The highest BCUT2D eigenvalue weighted by Gasteiger charge is 2.15. The number of aromatic nitrogens is 3. The fourth-order valence-corrected chi connectivity index (χ4v) is 4.46. The first-order chi connectivity index (χ1) is 16.1. The summed E-state index contributed by atoms with van der Waals surface area (Å²) < 4.78 is 3.23. The van der Waals surface area contributed by atoms with E-state index in [4.69, 9.17) is 0 Å². The second-order valence-corrected chi connectivity index (χ2v) is 9.75. The van der Waals surface area contributed by atoms with Crippen LogP contribution in [0.3, 0.4) is 0 Å². The molecular weight excluding hydrogens is 545 g/mol. The van der Waals surface area contributed by atoms with Crippen LogP contribution in [0.5, 0.6) is 0 Å². The molecular formula is C25H24IN5OS. The number of nitrogens with zero attached hydrogens (tertiary/aromatic N) is 3. The summed E-state index contributed by atoms with van der Waals surface area (Å²) in [5.74, 6) is 1.40. The van der Waals surface area contributed by atoms with Gasteiger partial charge in [0.2, 0.25) is 5.91 Å². The van der Waals surface area contributed by atoms with Crippen molar-refractivity contribution in [3.05, 3.63) is 93.8 Å². The Balaban J connectivity index is 1.42. The van der Waals surface area contributed by atoms with Crippen molar-refractivity contribution in [2.45, 2.75) is 25.0 Å². The molecule has 1 heterocycles. The van der Waals surface area contributed by atoms with Crippen molar-refractivity contribution in [2.24, 2.45) is 0 Å². The maximum atomic E-state index is 12.4. The van der Waals surface area contributed by atoms with Gasteiger partial charge in [0.05, 0.1) is 6.54 Å². The minimum Gasteiger partial charge on any atom is -0.378 e. The fourth-order valence-electron chi connectivity index (χ4n) is 3.19. The number of carbonyl (C=O) groups excluding carboxylic acids is 1. The van der Waals surface area contributed by atoms with Gasteiger partial charge < -0.3 is 10.6 Å². The van der Waals surface area contributed by atoms with Crippen molar-refractivity contribution in [2.75, 3.05) is 16.4 Å². The van der Waals surface area contributed by atoms with Crippen LogP contribution in [-0.4, -0.2) is 26.4 Å². The molecule has 6 nitrogen and oxygen atoms in total. The quantitative estimate of drug-likeness (QED) is 0.194. The van der Waals surface area contributed by atoms with E-state index >= 15 is 0 Å². The van der Waals surface area contributed by atoms with E-state index in [2.05, 4.69) is 55.6 Å². The van der Waals surface area contributed by atoms with E-state index < -0.39 is 0 Å². The molecule has 33 heavy (non-hydrogen) atoms. The predicted molar refractivity (Wildman–Crippen MR) is 143 cm³/mol. The number of carbonyl (C=O) groups is 1. The van der Waals surface area contributed by atoms with Crippen molar-refractivity contribution < 1.29 is 4.79 Å².